The number of benzene rings is 1. The summed E-state index contributed by atoms with van der Waals surface area (Å²) in [6.07, 6.45) is 0.945. The van der Waals surface area contributed by atoms with Crippen LogP contribution < -0.4 is 0 Å². The Morgan fingerprint density at radius 2 is 2.15 bits per heavy atom. The van der Waals surface area contributed by atoms with Crippen molar-refractivity contribution >= 4 is 11.6 Å². The first-order valence-electron chi connectivity index (χ1n) is 4.34. The lowest BCUT2D eigenvalue weighted by Crippen LogP contribution is -2.03. The maximum absolute atomic E-state index is 7.20. The minimum absolute atomic E-state index is 0.307. The summed E-state index contributed by atoms with van der Waals surface area (Å²) < 4.78 is 0. The molecule has 13 heavy (non-hydrogen) atoms. The van der Waals surface area contributed by atoms with Gasteiger partial charge in [-0.2, -0.15) is 0 Å². The molecule has 0 amide bonds. The van der Waals surface area contributed by atoms with E-state index in [2.05, 4.69) is 11.8 Å². The summed E-state index contributed by atoms with van der Waals surface area (Å²) in [5, 5.41) is 0.725. The minimum Gasteiger partial charge on any atom is -0.305 e. The lowest BCUT2D eigenvalue weighted by Gasteiger charge is -2.05. The quantitative estimate of drug-likeness (QED) is 0.599. The molecule has 0 aliphatic heterocycles. The van der Waals surface area contributed by atoms with Gasteiger partial charge < -0.3 is 4.85 Å². The van der Waals surface area contributed by atoms with Gasteiger partial charge in [0.15, 0.2) is 0 Å². The predicted octanol–water partition coefficient (Wildman–Crippen LogP) is 3.49. The molecule has 66 valence electrons. The minimum atomic E-state index is -0.307. The smallest absolute Gasteiger partial charge is 0.262 e. The molecule has 2 unspecified atom stereocenters. The van der Waals surface area contributed by atoms with Gasteiger partial charge in [-0.1, -0.05) is 30.7 Å². The number of rotatable bonds is 1. The van der Waals surface area contributed by atoms with Crippen LogP contribution in [-0.4, -0.2) is 0 Å². The summed E-state index contributed by atoms with van der Waals surface area (Å²) >= 11 is 6.05. The third-order valence-electron chi connectivity index (χ3n) is 2.81. The summed E-state index contributed by atoms with van der Waals surface area (Å²) in [6, 6.07) is 7.66. The second-order valence-corrected chi connectivity index (χ2v) is 4.03. The fourth-order valence-corrected chi connectivity index (χ4v) is 2.11. The van der Waals surface area contributed by atoms with Crippen molar-refractivity contribution in [2.75, 3.05) is 0 Å². The van der Waals surface area contributed by atoms with Crippen molar-refractivity contribution in [2.24, 2.45) is 5.92 Å². The van der Waals surface area contributed by atoms with Gasteiger partial charge in [0.2, 0.25) is 0 Å². The van der Waals surface area contributed by atoms with Gasteiger partial charge in [-0.3, -0.25) is 0 Å². The van der Waals surface area contributed by atoms with Crippen molar-refractivity contribution in [3.63, 3.8) is 0 Å². The van der Waals surface area contributed by atoms with Gasteiger partial charge in [0.25, 0.3) is 5.54 Å². The van der Waals surface area contributed by atoms with Crippen molar-refractivity contribution in [2.45, 2.75) is 18.9 Å². The predicted molar refractivity (Wildman–Crippen MR) is 53.5 cm³/mol. The Morgan fingerprint density at radius 3 is 2.62 bits per heavy atom. The zero-order valence-corrected chi connectivity index (χ0v) is 8.17. The molecular weight excluding hydrogens is 182 g/mol. The van der Waals surface area contributed by atoms with Crippen LogP contribution in [0.1, 0.15) is 18.9 Å². The first-order valence-corrected chi connectivity index (χ1v) is 4.72. The van der Waals surface area contributed by atoms with E-state index in [1.165, 1.54) is 0 Å². The Morgan fingerprint density at radius 1 is 1.54 bits per heavy atom. The first-order chi connectivity index (χ1) is 6.20. The van der Waals surface area contributed by atoms with Crippen LogP contribution in [0.2, 0.25) is 5.02 Å². The van der Waals surface area contributed by atoms with Gasteiger partial charge in [-0.15, -0.1) is 0 Å². The van der Waals surface area contributed by atoms with Crippen LogP contribution in [0.15, 0.2) is 24.3 Å². The summed E-state index contributed by atoms with van der Waals surface area (Å²) in [5.74, 6) is 0.449. The molecule has 1 saturated carbocycles. The number of hydrogen-bond donors (Lipinski definition) is 0. The van der Waals surface area contributed by atoms with Crippen molar-refractivity contribution in [1.29, 1.82) is 0 Å². The maximum atomic E-state index is 7.20. The standard InChI is InChI=1S/C11H10ClN/c1-8-7-11(8,13-2)9-5-3-4-6-10(9)12/h3-6,8H,7H2,1H3. The van der Waals surface area contributed by atoms with Gasteiger partial charge in [0.1, 0.15) is 0 Å². The molecule has 1 nitrogen and oxygen atoms in total. The summed E-state index contributed by atoms with van der Waals surface area (Å²) in [7, 11) is 0. The van der Waals surface area contributed by atoms with Gasteiger partial charge in [-0.25, -0.2) is 6.57 Å². The zero-order valence-electron chi connectivity index (χ0n) is 7.42. The van der Waals surface area contributed by atoms with E-state index >= 15 is 0 Å². The molecule has 2 heteroatoms. The SMILES string of the molecule is [C-]#[N+]C1(c2ccccc2Cl)CC1C. The molecular formula is C11H10ClN. The van der Waals surface area contributed by atoms with Crippen LogP contribution in [0.5, 0.6) is 0 Å². The zero-order chi connectivity index (χ0) is 9.47. The lowest BCUT2D eigenvalue weighted by atomic mass is 10.0. The number of hydrogen-bond acceptors (Lipinski definition) is 0. The van der Waals surface area contributed by atoms with Gasteiger partial charge in [0.05, 0.1) is 10.6 Å². The van der Waals surface area contributed by atoms with E-state index in [0.29, 0.717) is 5.92 Å². The average molecular weight is 192 g/mol. The Kier molecular flexibility index (Phi) is 1.82. The lowest BCUT2D eigenvalue weighted by molar-refractivity contribution is 0.773. The Hall–Kier alpha value is -1.00. The van der Waals surface area contributed by atoms with Crippen molar-refractivity contribution < 1.29 is 0 Å². The Bertz CT molecular complexity index is 380. The average Bonchev–Trinajstić information content (AvgIpc) is 2.79. The van der Waals surface area contributed by atoms with E-state index in [4.69, 9.17) is 18.2 Å². The van der Waals surface area contributed by atoms with Crippen molar-refractivity contribution in [3.8, 4) is 0 Å². The van der Waals surface area contributed by atoms with E-state index in [-0.39, 0.29) is 5.54 Å². The molecule has 0 spiro atoms. The van der Waals surface area contributed by atoms with Crippen molar-refractivity contribution in [1.82, 2.24) is 0 Å². The van der Waals surface area contributed by atoms with Crippen molar-refractivity contribution in [3.05, 3.63) is 46.3 Å². The summed E-state index contributed by atoms with van der Waals surface area (Å²) in [4.78, 5) is 3.71. The molecule has 0 bridgehead atoms. The molecule has 0 heterocycles. The molecule has 1 aliphatic rings. The Labute approximate surface area is 83.2 Å². The summed E-state index contributed by atoms with van der Waals surface area (Å²) in [6.45, 7) is 9.30. The molecule has 1 fully saturated rings. The molecule has 1 aromatic rings. The number of nitrogens with zero attached hydrogens (tertiary/aromatic N) is 1. The molecule has 2 rings (SSSR count). The first kappa shape index (κ1) is 8.59. The van der Waals surface area contributed by atoms with Crippen LogP contribution in [0.3, 0.4) is 0 Å². The van der Waals surface area contributed by atoms with Crippen LogP contribution in [0, 0.1) is 12.5 Å². The van der Waals surface area contributed by atoms with E-state index in [0.717, 1.165) is 17.0 Å². The number of halogens is 1. The second-order valence-electron chi connectivity index (χ2n) is 3.62. The monoisotopic (exact) mass is 191 g/mol. The van der Waals surface area contributed by atoms with Crippen LogP contribution in [0.25, 0.3) is 4.85 Å². The Balaban J connectivity index is 2.48. The van der Waals surface area contributed by atoms with Gasteiger partial charge in [-0.05, 0) is 12.1 Å². The molecule has 0 saturated heterocycles. The molecule has 2 atom stereocenters. The molecule has 0 N–H and O–H groups in total. The van der Waals surface area contributed by atoms with E-state index < -0.39 is 0 Å². The van der Waals surface area contributed by atoms with Crippen LogP contribution >= 0.6 is 11.6 Å². The van der Waals surface area contributed by atoms with Gasteiger partial charge in [0, 0.05) is 12.3 Å². The van der Waals surface area contributed by atoms with E-state index in [9.17, 15) is 0 Å². The van der Waals surface area contributed by atoms with Crippen LogP contribution in [0.4, 0.5) is 0 Å². The molecule has 0 aromatic heterocycles. The molecule has 1 aromatic carbocycles. The summed E-state index contributed by atoms with van der Waals surface area (Å²) in [5.41, 5.74) is 0.692. The maximum Gasteiger partial charge on any atom is 0.262 e. The van der Waals surface area contributed by atoms with E-state index in [1.54, 1.807) is 0 Å². The highest BCUT2D eigenvalue weighted by Crippen LogP contribution is 2.56. The highest BCUT2D eigenvalue weighted by molar-refractivity contribution is 6.31. The highest BCUT2D eigenvalue weighted by atomic mass is 35.5. The topological polar surface area (TPSA) is 4.36 Å². The van der Waals surface area contributed by atoms with Crippen LogP contribution in [-0.2, 0) is 5.54 Å². The second kappa shape index (κ2) is 2.75. The normalized spacial score (nSPS) is 31.0. The van der Waals surface area contributed by atoms with Gasteiger partial charge >= 0.3 is 0 Å². The largest absolute Gasteiger partial charge is 0.305 e. The fourth-order valence-electron chi connectivity index (χ4n) is 1.81. The third kappa shape index (κ3) is 1.14. The molecule has 0 radical (unpaired) electrons. The third-order valence-corrected chi connectivity index (χ3v) is 3.14. The van der Waals surface area contributed by atoms with E-state index in [1.807, 2.05) is 24.3 Å². The fraction of sp³-hybridized carbons (Fsp3) is 0.364. The highest BCUT2D eigenvalue weighted by Gasteiger charge is 2.61. The molecule has 1 aliphatic carbocycles.